The topological polar surface area (TPSA) is 51.2 Å². The molecule has 2 aromatic rings. The van der Waals surface area contributed by atoms with Crippen molar-refractivity contribution in [2.45, 2.75) is 6.61 Å². The molecule has 0 aliphatic heterocycles. The zero-order valence-corrected chi connectivity index (χ0v) is 13.0. The molecule has 4 nitrogen and oxygen atoms in total. The third-order valence-electron chi connectivity index (χ3n) is 2.57. The number of hydrogen-bond donors (Lipinski definition) is 1. The van der Waals surface area contributed by atoms with Crippen LogP contribution >= 0.6 is 23.2 Å². The van der Waals surface area contributed by atoms with Gasteiger partial charge in [-0.1, -0.05) is 65.4 Å². The molecule has 1 N–H and O–H groups in total. The number of carbonyl (C=O) groups excluding carboxylic acids is 1. The normalized spacial score (nSPS) is 9.55. The lowest BCUT2D eigenvalue weighted by atomic mass is 10.2. The molecule has 6 heteroatoms. The molecule has 0 aliphatic rings. The molecule has 2 rings (SSSR count). The molecule has 0 unspecified atom stereocenters. The van der Waals surface area contributed by atoms with Crippen molar-refractivity contribution in [3.8, 4) is 11.8 Å². The van der Waals surface area contributed by atoms with Crippen LogP contribution < -0.4 is 5.32 Å². The van der Waals surface area contributed by atoms with Gasteiger partial charge >= 0.3 is 6.09 Å². The molecule has 0 saturated heterocycles. The van der Waals surface area contributed by atoms with E-state index in [4.69, 9.17) is 27.9 Å². The van der Waals surface area contributed by atoms with Crippen molar-refractivity contribution in [2.24, 2.45) is 0 Å². The second-order valence-electron chi connectivity index (χ2n) is 4.19. The largest absolute Gasteiger partial charge is 0.445 e. The number of pyridine rings is 1. The molecule has 0 radical (unpaired) electrons. The van der Waals surface area contributed by atoms with Crippen molar-refractivity contribution >= 4 is 29.3 Å². The first-order valence-corrected chi connectivity index (χ1v) is 7.16. The molecule has 1 aromatic carbocycles. The highest BCUT2D eigenvalue weighted by Crippen LogP contribution is 2.15. The number of carbonyl (C=O) groups is 1. The molecule has 0 saturated carbocycles. The summed E-state index contributed by atoms with van der Waals surface area (Å²) >= 11 is 11.6. The van der Waals surface area contributed by atoms with Crippen LogP contribution in [0.15, 0.2) is 42.5 Å². The molecule has 22 heavy (non-hydrogen) atoms. The Morgan fingerprint density at radius 2 is 1.95 bits per heavy atom. The smallest absolute Gasteiger partial charge is 0.408 e. The first-order valence-electron chi connectivity index (χ1n) is 6.40. The van der Waals surface area contributed by atoms with E-state index >= 15 is 0 Å². The fraction of sp³-hybridized carbons (Fsp3) is 0.125. The van der Waals surface area contributed by atoms with Crippen LogP contribution in [0, 0.1) is 11.8 Å². The maximum Gasteiger partial charge on any atom is 0.408 e. The van der Waals surface area contributed by atoms with Crippen LogP contribution in [0.2, 0.25) is 10.3 Å². The van der Waals surface area contributed by atoms with Gasteiger partial charge in [-0.2, -0.15) is 0 Å². The monoisotopic (exact) mass is 334 g/mol. The third kappa shape index (κ3) is 5.28. The Kier molecular flexibility index (Phi) is 6.08. The number of benzene rings is 1. The van der Waals surface area contributed by atoms with E-state index < -0.39 is 6.09 Å². The van der Waals surface area contributed by atoms with Crippen molar-refractivity contribution in [1.29, 1.82) is 0 Å². The number of ether oxygens (including phenoxy) is 1. The Morgan fingerprint density at radius 3 is 2.68 bits per heavy atom. The highest BCUT2D eigenvalue weighted by molar-refractivity contribution is 6.33. The minimum atomic E-state index is -0.529. The average molecular weight is 335 g/mol. The van der Waals surface area contributed by atoms with Gasteiger partial charge in [-0.05, 0) is 17.7 Å². The van der Waals surface area contributed by atoms with Gasteiger partial charge in [-0.3, -0.25) is 0 Å². The third-order valence-corrected chi connectivity index (χ3v) is 3.07. The van der Waals surface area contributed by atoms with E-state index in [2.05, 4.69) is 22.1 Å². The van der Waals surface area contributed by atoms with Gasteiger partial charge in [-0.15, -0.1) is 0 Å². The molecule has 1 heterocycles. The summed E-state index contributed by atoms with van der Waals surface area (Å²) in [5.74, 6) is 5.56. The summed E-state index contributed by atoms with van der Waals surface area (Å²) in [6.07, 6.45) is -0.529. The summed E-state index contributed by atoms with van der Waals surface area (Å²) in [5.41, 5.74) is 1.47. The molecule has 1 amide bonds. The van der Waals surface area contributed by atoms with Crippen molar-refractivity contribution < 1.29 is 9.53 Å². The predicted molar refractivity (Wildman–Crippen MR) is 85.8 cm³/mol. The maximum absolute atomic E-state index is 11.5. The van der Waals surface area contributed by atoms with Gasteiger partial charge in [0, 0.05) is 0 Å². The zero-order chi connectivity index (χ0) is 15.8. The lowest BCUT2D eigenvalue weighted by Crippen LogP contribution is -2.24. The van der Waals surface area contributed by atoms with Gasteiger partial charge < -0.3 is 10.1 Å². The molecule has 0 atom stereocenters. The molecule has 0 aliphatic carbocycles. The van der Waals surface area contributed by atoms with E-state index in [1.54, 1.807) is 12.1 Å². The number of aromatic nitrogens is 1. The lowest BCUT2D eigenvalue weighted by molar-refractivity contribution is 0.141. The Hall–Kier alpha value is -2.22. The zero-order valence-electron chi connectivity index (χ0n) is 11.5. The van der Waals surface area contributed by atoms with E-state index in [-0.39, 0.29) is 18.3 Å². The minimum absolute atomic E-state index is 0.145. The number of rotatable bonds is 3. The SMILES string of the molecule is O=C(NCC#Cc1ccc(Cl)nc1Cl)OCc1ccccc1. The Bertz CT molecular complexity index is 709. The van der Waals surface area contributed by atoms with E-state index in [9.17, 15) is 4.79 Å². The standard InChI is InChI=1S/C16H12Cl2N2O2/c17-14-9-8-13(15(18)20-14)7-4-10-19-16(21)22-11-12-5-2-1-3-6-12/h1-3,5-6,8-9H,10-11H2,(H,19,21). The van der Waals surface area contributed by atoms with Crippen molar-refractivity contribution in [3.63, 3.8) is 0 Å². The lowest BCUT2D eigenvalue weighted by Gasteiger charge is -2.04. The molecular weight excluding hydrogens is 323 g/mol. The Balaban J connectivity index is 1.76. The number of nitrogens with zero attached hydrogens (tertiary/aromatic N) is 1. The molecule has 1 aromatic heterocycles. The van der Waals surface area contributed by atoms with Crippen LogP contribution in [0.4, 0.5) is 4.79 Å². The number of hydrogen-bond acceptors (Lipinski definition) is 3. The summed E-state index contributed by atoms with van der Waals surface area (Å²) in [6, 6.07) is 12.7. The van der Waals surface area contributed by atoms with Crippen LogP contribution in [0.1, 0.15) is 11.1 Å². The highest BCUT2D eigenvalue weighted by Gasteiger charge is 2.01. The summed E-state index contributed by atoms with van der Waals surface area (Å²) < 4.78 is 5.05. The average Bonchev–Trinajstić information content (AvgIpc) is 2.52. The molecule has 0 spiro atoms. The summed E-state index contributed by atoms with van der Waals surface area (Å²) in [5, 5.41) is 3.06. The van der Waals surface area contributed by atoms with Crippen LogP contribution in [-0.2, 0) is 11.3 Å². The maximum atomic E-state index is 11.5. The van der Waals surface area contributed by atoms with Crippen molar-refractivity contribution in [2.75, 3.05) is 6.54 Å². The molecular formula is C16H12Cl2N2O2. The second kappa shape index (κ2) is 8.28. The van der Waals surface area contributed by atoms with E-state index in [1.807, 2.05) is 30.3 Å². The molecule has 112 valence electrons. The quantitative estimate of drug-likeness (QED) is 0.688. The van der Waals surface area contributed by atoms with Gasteiger partial charge in [0.2, 0.25) is 0 Å². The van der Waals surface area contributed by atoms with E-state index in [0.29, 0.717) is 10.7 Å². The fourth-order valence-corrected chi connectivity index (χ4v) is 1.93. The van der Waals surface area contributed by atoms with Crippen molar-refractivity contribution in [1.82, 2.24) is 10.3 Å². The molecule has 0 fully saturated rings. The minimum Gasteiger partial charge on any atom is -0.445 e. The van der Waals surface area contributed by atoms with Gasteiger partial charge in [0.1, 0.15) is 16.9 Å². The summed E-state index contributed by atoms with van der Waals surface area (Å²) in [7, 11) is 0. The van der Waals surface area contributed by atoms with Crippen LogP contribution in [0.25, 0.3) is 0 Å². The first-order chi connectivity index (χ1) is 10.6. The van der Waals surface area contributed by atoms with Gasteiger partial charge in [0.25, 0.3) is 0 Å². The van der Waals surface area contributed by atoms with Gasteiger partial charge in [-0.25, -0.2) is 9.78 Å². The Labute approximate surface area is 138 Å². The summed E-state index contributed by atoms with van der Waals surface area (Å²) in [6.45, 7) is 0.361. The number of alkyl carbamates (subject to hydrolysis) is 1. The van der Waals surface area contributed by atoms with Crippen molar-refractivity contribution in [3.05, 3.63) is 63.9 Å². The van der Waals surface area contributed by atoms with Gasteiger partial charge in [0.05, 0.1) is 12.1 Å². The Morgan fingerprint density at radius 1 is 1.18 bits per heavy atom. The number of halogens is 2. The van der Waals surface area contributed by atoms with Gasteiger partial charge in [0.15, 0.2) is 0 Å². The van der Waals surface area contributed by atoms with Crippen LogP contribution in [0.5, 0.6) is 0 Å². The predicted octanol–water partition coefficient (Wildman–Crippen LogP) is 3.67. The van der Waals surface area contributed by atoms with E-state index in [1.165, 1.54) is 0 Å². The molecule has 0 bridgehead atoms. The number of amides is 1. The summed E-state index contributed by atoms with van der Waals surface area (Å²) in [4.78, 5) is 15.3. The van der Waals surface area contributed by atoms with E-state index in [0.717, 1.165) is 5.56 Å². The first kappa shape index (κ1) is 16.2. The highest BCUT2D eigenvalue weighted by atomic mass is 35.5. The number of nitrogens with one attached hydrogen (secondary N) is 1. The van der Waals surface area contributed by atoms with Crippen LogP contribution in [-0.4, -0.2) is 17.6 Å². The fourth-order valence-electron chi connectivity index (χ4n) is 1.54. The van der Waals surface area contributed by atoms with Crippen LogP contribution in [0.3, 0.4) is 0 Å². The second-order valence-corrected chi connectivity index (χ2v) is 4.93.